The van der Waals surface area contributed by atoms with E-state index >= 15 is 0 Å². The highest BCUT2D eigenvalue weighted by Gasteiger charge is 2.18. The van der Waals surface area contributed by atoms with Crippen LogP contribution in [0.2, 0.25) is 0 Å². The molecule has 1 aromatic carbocycles. The van der Waals surface area contributed by atoms with Crippen LogP contribution in [0.4, 0.5) is 11.4 Å². The molecule has 0 fully saturated rings. The molecule has 104 valence electrons. The van der Waals surface area contributed by atoms with Crippen molar-refractivity contribution < 1.29 is 5.11 Å². The Kier molecular flexibility index (Phi) is 3.70. The van der Waals surface area contributed by atoms with Gasteiger partial charge in [0.15, 0.2) is 0 Å². The molecule has 1 aliphatic heterocycles. The van der Waals surface area contributed by atoms with Crippen molar-refractivity contribution in [3.05, 3.63) is 53.9 Å². The highest BCUT2D eigenvalue weighted by Crippen LogP contribution is 2.33. The average Bonchev–Trinajstić information content (AvgIpc) is 2.54. The Hall–Kier alpha value is -1.87. The number of benzene rings is 1. The van der Waals surface area contributed by atoms with E-state index in [0.29, 0.717) is 6.42 Å². The second-order valence-electron chi connectivity index (χ2n) is 5.25. The molecule has 1 N–H and O–H groups in total. The first-order valence-electron chi connectivity index (χ1n) is 7.29. The molecule has 0 amide bonds. The Morgan fingerprint density at radius 1 is 1.25 bits per heavy atom. The summed E-state index contributed by atoms with van der Waals surface area (Å²) in [4.78, 5) is 6.72. The quantitative estimate of drug-likeness (QED) is 0.923. The van der Waals surface area contributed by atoms with Gasteiger partial charge in [0.25, 0.3) is 0 Å². The number of nitrogens with zero attached hydrogens (tertiary/aromatic N) is 2. The Balaban J connectivity index is 1.91. The molecule has 2 heterocycles. The van der Waals surface area contributed by atoms with E-state index in [4.69, 9.17) is 0 Å². The maximum Gasteiger partial charge on any atom is 0.0957 e. The van der Waals surface area contributed by atoms with Crippen molar-refractivity contribution in [2.45, 2.75) is 32.3 Å². The molecule has 1 aromatic heterocycles. The lowest BCUT2D eigenvalue weighted by Gasteiger charge is -2.31. The van der Waals surface area contributed by atoms with Crippen molar-refractivity contribution >= 4 is 11.4 Å². The number of hydrogen-bond donors (Lipinski definition) is 1. The lowest BCUT2D eigenvalue weighted by atomic mass is 10.0. The molecule has 0 radical (unpaired) electrons. The van der Waals surface area contributed by atoms with E-state index in [9.17, 15) is 5.11 Å². The molecule has 0 aliphatic carbocycles. The fourth-order valence-corrected chi connectivity index (χ4v) is 2.77. The minimum absolute atomic E-state index is 0.460. The SMILES string of the molecule is CCC(O)c1ccc(N2CCCc3ccccc32)cn1. The van der Waals surface area contributed by atoms with Gasteiger partial charge in [-0.3, -0.25) is 4.98 Å². The number of aryl methyl sites for hydroxylation is 1. The van der Waals surface area contributed by atoms with Gasteiger partial charge < -0.3 is 10.0 Å². The van der Waals surface area contributed by atoms with Crippen molar-refractivity contribution in [3.8, 4) is 0 Å². The van der Waals surface area contributed by atoms with E-state index in [0.717, 1.165) is 30.8 Å². The van der Waals surface area contributed by atoms with Gasteiger partial charge in [-0.05, 0) is 43.0 Å². The number of para-hydroxylation sites is 1. The summed E-state index contributed by atoms with van der Waals surface area (Å²) >= 11 is 0. The van der Waals surface area contributed by atoms with Crippen LogP contribution in [0.3, 0.4) is 0 Å². The van der Waals surface area contributed by atoms with Crippen molar-refractivity contribution in [1.82, 2.24) is 4.98 Å². The van der Waals surface area contributed by atoms with Gasteiger partial charge in [0.2, 0.25) is 0 Å². The molecule has 1 aliphatic rings. The van der Waals surface area contributed by atoms with Gasteiger partial charge in [-0.1, -0.05) is 25.1 Å². The fourth-order valence-electron chi connectivity index (χ4n) is 2.77. The van der Waals surface area contributed by atoms with E-state index in [1.54, 1.807) is 0 Å². The zero-order chi connectivity index (χ0) is 13.9. The molecule has 1 atom stereocenters. The van der Waals surface area contributed by atoms with Crippen LogP contribution >= 0.6 is 0 Å². The highest BCUT2D eigenvalue weighted by molar-refractivity contribution is 5.67. The number of anilines is 2. The van der Waals surface area contributed by atoms with Crippen LogP contribution in [-0.4, -0.2) is 16.6 Å². The van der Waals surface area contributed by atoms with Gasteiger partial charge in [-0.25, -0.2) is 0 Å². The molecule has 20 heavy (non-hydrogen) atoms. The van der Waals surface area contributed by atoms with E-state index in [1.165, 1.54) is 11.3 Å². The van der Waals surface area contributed by atoms with Crippen molar-refractivity contribution in [1.29, 1.82) is 0 Å². The summed E-state index contributed by atoms with van der Waals surface area (Å²) in [5.41, 5.74) is 4.53. The third-order valence-corrected chi connectivity index (χ3v) is 3.92. The molecule has 3 rings (SSSR count). The lowest BCUT2D eigenvalue weighted by molar-refractivity contribution is 0.169. The molecule has 0 saturated carbocycles. The van der Waals surface area contributed by atoms with Gasteiger partial charge in [0.1, 0.15) is 0 Å². The Morgan fingerprint density at radius 3 is 2.85 bits per heavy atom. The predicted octanol–water partition coefficient (Wildman–Crippen LogP) is 3.61. The average molecular weight is 268 g/mol. The van der Waals surface area contributed by atoms with Gasteiger partial charge in [0, 0.05) is 12.2 Å². The summed E-state index contributed by atoms with van der Waals surface area (Å²) in [6.45, 7) is 2.98. The van der Waals surface area contributed by atoms with Crippen molar-refractivity contribution in [2.75, 3.05) is 11.4 Å². The number of hydrogen-bond acceptors (Lipinski definition) is 3. The first kappa shape index (κ1) is 13.1. The standard InChI is InChI=1S/C17H20N2O/c1-2-17(20)15-10-9-14(12-18-15)19-11-5-7-13-6-3-4-8-16(13)19/h3-4,6,8-10,12,17,20H,2,5,7,11H2,1H3. The minimum Gasteiger partial charge on any atom is -0.387 e. The first-order chi connectivity index (χ1) is 9.79. The van der Waals surface area contributed by atoms with E-state index in [-0.39, 0.29) is 0 Å². The smallest absolute Gasteiger partial charge is 0.0957 e. The lowest BCUT2D eigenvalue weighted by Crippen LogP contribution is -2.24. The Labute approximate surface area is 119 Å². The van der Waals surface area contributed by atoms with Crippen LogP contribution in [0.5, 0.6) is 0 Å². The van der Waals surface area contributed by atoms with Crippen LogP contribution in [0.15, 0.2) is 42.6 Å². The minimum atomic E-state index is -0.460. The molecule has 1 unspecified atom stereocenters. The summed E-state index contributed by atoms with van der Waals surface area (Å²) < 4.78 is 0. The first-order valence-corrected chi connectivity index (χ1v) is 7.29. The maximum atomic E-state index is 9.81. The number of aliphatic hydroxyl groups is 1. The third-order valence-electron chi connectivity index (χ3n) is 3.92. The largest absolute Gasteiger partial charge is 0.387 e. The number of aliphatic hydroxyl groups excluding tert-OH is 1. The topological polar surface area (TPSA) is 36.4 Å². The predicted molar refractivity (Wildman–Crippen MR) is 81.3 cm³/mol. The van der Waals surface area contributed by atoms with Crippen LogP contribution in [0.1, 0.15) is 37.1 Å². The molecular formula is C17H20N2O. The molecule has 0 saturated heterocycles. The summed E-state index contributed by atoms with van der Waals surface area (Å²) in [5, 5.41) is 9.81. The Bertz CT molecular complexity index is 580. The second-order valence-corrected chi connectivity index (χ2v) is 5.25. The zero-order valence-corrected chi connectivity index (χ0v) is 11.8. The number of pyridine rings is 1. The normalized spacial score (nSPS) is 15.8. The highest BCUT2D eigenvalue weighted by atomic mass is 16.3. The van der Waals surface area contributed by atoms with Crippen LogP contribution in [0.25, 0.3) is 0 Å². The number of rotatable bonds is 3. The van der Waals surface area contributed by atoms with Crippen LogP contribution in [0, 0.1) is 0 Å². The van der Waals surface area contributed by atoms with E-state index in [1.807, 2.05) is 19.2 Å². The molecule has 0 spiro atoms. The van der Waals surface area contributed by atoms with Gasteiger partial charge in [-0.2, -0.15) is 0 Å². The molecule has 3 nitrogen and oxygen atoms in total. The molecule has 0 bridgehead atoms. The second kappa shape index (κ2) is 5.63. The van der Waals surface area contributed by atoms with Crippen molar-refractivity contribution in [3.63, 3.8) is 0 Å². The maximum absolute atomic E-state index is 9.81. The molecular weight excluding hydrogens is 248 g/mol. The van der Waals surface area contributed by atoms with E-state index in [2.05, 4.69) is 40.2 Å². The van der Waals surface area contributed by atoms with Crippen LogP contribution < -0.4 is 4.90 Å². The summed E-state index contributed by atoms with van der Waals surface area (Å²) in [5.74, 6) is 0. The Morgan fingerprint density at radius 2 is 2.10 bits per heavy atom. The molecule has 3 heteroatoms. The monoisotopic (exact) mass is 268 g/mol. The summed E-state index contributed by atoms with van der Waals surface area (Å²) in [7, 11) is 0. The fraction of sp³-hybridized carbons (Fsp3) is 0.353. The van der Waals surface area contributed by atoms with Crippen LogP contribution in [-0.2, 0) is 6.42 Å². The number of fused-ring (bicyclic) bond motifs is 1. The third kappa shape index (κ3) is 2.41. The zero-order valence-electron chi connectivity index (χ0n) is 11.8. The van der Waals surface area contributed by atoms with Gasteiger partial charge >= 0.3 is 0 Å². The van der Waals surface area contributed by atoms with E-state index < -0.39 is 6.10 Å². The van der Waals surface area contributed by atoms with Gasteiger partial charge in [0.05, 0.1) is 23.7 Å². The summed E-state index contributed by atoms with van der Waals surface area (Å²) in [6, 6.07) is 12.5. The van der Waals surface area contributed by atoms with Gasteiger partial charge in [-0.15, -0.1) is 0 Å². The van der Waals surface area contributed by atoms with Crippen molar-refractivity contribution in [2.24, 2.45) is 0 Å². The number of aromatic nitrogens is 1. The molecule has 2 aromatic rings. The summed E-state index contributed by atoms with van der Waals surface area (Å²) in [6.07, 6.45) is 4.41.